The zero-order valence-corrected chi connectivity index (χ0v) is 8.77. The summed E-state index contributed by atoms with van der Waals surface area (Å²) < 4.78 is 5.51. The van der Waals surface area contributed by atoms with Gasteiger partial charge in [0.2, 0.25) is 0 Å². The molecule has 2 aliphatic heterocycles. The molecule has 0 bridgehead atoms. The Kier molecular flexibility index (Phi) is 2.56. The average Bonchev–Trinajstić information content (AvgIpc) is 2.49. The summed E-state index contributed by atoms with van der Waals surface area (Å²) in [7, 11) is 0. The normalized spacial score (nSPS) is 39.8. The van der Waals surface area contributed by atoms with Crippen LogP contribution in [0.5, 0.6) is 0 Å². The zero-order chi connectivity index (χ0) is 9.31. The second kappa shape index (κ2) is 3.54. The van der Waals surface area contributed by atoms with Crippen LogP contribution in [0.1, 0.15) is 26.2 Å². The SMILES string of the molecule is CC1CC(O)(C2=CCCCO2)CS1. The fourth-order valence-electron chi connectivity index (χ4n) is 1.93. The third kappa shape index (κ3) is 1.86. The fraction of sp³-hybridized carbons (Fsp3) is 0.800. The minimum Gasteiger partial charge on any atom is -0.495 e. The maximum absolute atomic E-state index is 10.3. The van der Waals surface area contributed by atoms with Crippen molar-refractivity contribution in [2.45, 2.75) is 37.0 Å². The minimum absolute atomic E-state index is 0.552. The van der Waals surface area contributed by atoms with Gasteiger partial charge < -0.3 is 9.84 Å². The van der Waals surface area contributed by atoms with Crippen LogP contribution in [0.15, 0.2) is 11.8 Å². The van der Waals surface area contributed by atoms with Gasteiger partial charge >= 0.3 is 0 Å². The highest BCUT2D eigenvalue weighted by Crippen LogP contribution is 2.40. The minimum atomic E-state index is -0.662. The van der Waals surface area contributed by atoms with Gasteiger partial charge in [0.1, 0.15) is 11.4 Å². The molecule has 1 N–H and O–H groups in total. The molecule has 13 heavy (non-hydrogen) atoms. The van der Waals surface area contributed by atoms with E-state index in [4.69, 9.17) is 4.74 Å². The van der Waals surface area contributed by atoms with Crippen molar-refractivity contribution >= 4 is 11.8 Å². The molecule has 2 rings (SSSR count). The third-order valence-corrected chi connectivity index (χ3v) is 4.01. The van der Waals surface area contributed by atoms with Gasteiger partial charge in [0.05, 0.1) is 6.61 Å². The predicted octanol–water partition coefficient (Wildman–Crippen LogP) is 1.94. The predicted molar refractivity (Wildman–Crippen MR) is 54.8 cm³/mol. The smallest absolute Gasteiger partial charge is 0.131 e. The number of rotatable bonds is 1. The number of allylic oxidation sites excluding steroid dienone is 1. The number of hydrogen-bond acceptors (Lipinski definition) is 3. The largest absolute Gasteiger partial charge is 0.495 e. The monoisotopic (exact) mass is 200 g/mol. The van der Waals surface area contributed by atoms with Crippen LogP contribution in [-0.4, -0.2) is 28.3 Å². The van der Waals surface area contributed by atoms with Crippen LogP contribution in [-0.2, 0) is 4.74 Å². The van der Waals surface area contributed by atoms with E-state index < -0.39 is 5.60 Å². The first kappa shape index (κ1) is 9.41. The molecule has 0 saturated carbocycles. The average molecular weight is 200 g/mol. The maximum Gasteiger partial charge on any atom is 0.131 e. The first-order valence-corrected chi connectivity index (χ1v) is 5.93. The second-order valence-electron chi connectivity index (χ2n) is 3.92. The molecule has 2 atom stereocenters. The summed E-state index contributed by atoms with van der Waals surface area (Å²) in [6.45, 7) is 2.93. The molecule has 74 valence electrons. The van der Waals surface area contributed by atoms with E-state index in [0.717, 1.165) is 37.4 Å². The lowest BCUT2D eigenvalue weighted by Crippen LogP contribution is -2.33. The molecule has 1 saturated heterocycles. The van der Waals surface area contributed by atoms with E-state index >= 15 is 0 Å². The number of thioether (sulfide) groups is 1. The Labute approximate surface area is 83.4 Å². The van der Waals surface area contributed by atoms with Gasteiger partial charge in [-0.1, -0.05) is 6.92 Å². The molecular formula is C10H16O2S. The van der Waals surface area contributed by atoms with Crippen molar-refractivity contribution in [2.24, 2.45) is 0 Å². The molecule has 0 spiro atoms. The lowest BCUT2D eigenvalue weighted by Gasteiger charge is -2.27. The topological polar surface area (TPSA) is 29.5 Å². The van der Waals surface area contributed by atoms with Gasteiger partial charge in [-0.2, -0.15) is 11.8 Å². The molecular weight excluding hydrogens is 184 g/mol. The van der Waals surface area contributed by atoms with Crippen molar-refractivity contribution in [2.75, 3.05) is 12.4 Å². The van der Waals surface area contributed by atoms with Gasteiger partial charge in [-0.25, -0.2) is 0 Å². The van der Waals surface area contributed by atoms with Crippen molar-refractivity contribution in [3.05, 3.63) is 11.8 Å². The van der Waals surface area contributed by atoms with Crippen molar-refractivity contribution in [1.29, 1.82) is 0 Å². The summed E-state index contributed by atoms with van der Waals surface area (Å²) in [5.41, 5.74) is -0.662. The molecule has 0 amide bonds. The van der Waals surface area contributed by atoms with E-state index in [1.807, 2.05) is 11.8 Å². The summed E-state index contributed by atoms with van der Waals surface area (Å²) in [6.07, 6.45) is 5.03. The highest BCUT2D eigenvalue weighted by molar-refractivity contribution is 8.00. The van der Waals surface area contributed by atoms with E-state index in [-0.39, 0.29) is 0 Å². The van der Waals surface area contributed by atoms with Gasteiger partial charge in [-0.3, -0.25) is 0 Å². The van der Waals surface area contributed by atoms with Crippen LogP contribution in [0.25, 0.3) is 0 Å². The fourth-order valence-corrected chi connectivity index (χ4v) is 3.14. The zero-order valence-electron chi connectivity index (χ0n) is 7.95. The van der Waals surface area contributed by atoms with Gasteiger partial charge in [0.15, 0.2) is 0 Å². The summed E-state index contributed by atoms with van der Waals surface area (Å²) in [5.74, 6) is 1.62. The molecule has 2 unspecified atom stereocenters. The Bertz CT molecular complexity index is 227. The lowest BCUT2D eigenvalue weighted by atomic mass is 9.96. The Balaban J connectivity index is 2.10. The van der Waals surface area contributed by atoms with Crippen molar-refractivity contribution < 1.29 is 9.84 Å². The number of aliphatic hydroxyl groups is 1. The van der Waals surface area contributed by atoms with Gasteiger partial charge in [-0.05, 0) is 25.3 Å². The third-order valence-electron chi connectivity index (χ3n) is 2.63. The molecule has 2 heterocycles. The van der Waals surface area contributed by atoms with Crippen molar-refractivity contribution in [3.63, 3.8) is 0 Å². The number of ether oxygens (including phenoxy) is 1. The molecule has 2 aliphatic rings. The van der Waals surface area contributed by atoms with Crippen LogP contribution in [0.3, 0.4) is 0 Å². The Morgan fingerprint density at radius 2 is 2.54 bits per heavy atom. The molecule has 2 nitrogen and oxygen atoms in total. The Hall–Kier alpha value is -0.150. The van der Waals surface area contributed by atoms with Crippen molar-refractivity contribution in [3.8, 4) is 0 Å². The molecule has 0 aromatic heterocycles. The van der Waals surface area contributed by atoms with Gasteiger partial charge in [0.25, 0.3) is 0 Å². The van der Waals surface area contributed by atoms with E-state index in [1.54, 1.807) is 0 Å². The summed E-state index contributed by atoms with van der Waals surface area (Å²) in [6, 6.07) is 0. The van der Waals surface area contributed by atoms with Crippen LogP contribution in [0.2, 0.25) is 0 Å². The standard InChI is InChI=1S/C10H16O2S/c1-8-6-10(11,7-13-8)9-4-2-3-5-12-9/h4,8,11H,2-3,5-7H2,1H3. The molecule has 0 aromatic carbocycles. The van der Waals surface area contributed by atoms with Crippen LogP contribution in [0, 0.1) is 0 Å². The molecule has 0 aliphatic carbocycles. The summed E-state index contributed by atoms with van der Waals surface area (Å²) in [4.78, 5) is 0. The number of hydrogen-bond donors (Lipinski definition) is 1. The molecule has 1 fully saturated rings. The quantitative estimate of drug-likeness (QED) is 0.701. The second-order valence-corrected chi connectivity index (χ2v) is 5.34. The summed E-state index contributed by atoms with van der Waals surface area (Å²) >= 11 is 1.83. The lowest BCUT2D eigenvalue weighted by molar-refractivity contribution is 0.0211. The van der Waals surface area contributed by atoms with E-state index in [2.05, 4.69) is 13.0 Å². The summed E-state index contributed by atoms with van der Waals surface area (Å²) in [5, 5.41) is 10.8. The Morgan fingerprint density at radius 1 is 1.69 bits per heavy atom. The van der Waals surface area contributed by atoms with Gasteiger partial charge in [0, 0.05) is 11.0 Å². The highest BCUT2D eigenvalue weighted by Gasteiger charge is 2.41. The van der Waals surface area contributed by atoms with Crippen LogP contribution >= 0.6 is 11.8 Å². The molecule has 0 radical (unpaired) electrons. The highest BCUT2D eigenvalue weighted by atomic mass is 32.2. The molecule has 3 heteroatoms. The first-order chi connectivity index (χ1) is 6.21. The van der Waals surface area contributed by atoms with Crippen LogP contribution < -0.4 is 0 Å². The van der Waals surface area contributed by atoms with E-state index in [9.17, 15) is 5.11 Å². The van der Waals surface area contributed by atoms with E-state index in [1.165, 1.54) is 0 Å². The van der Waals surface area contributed by atoms with Gasteiger partial charge in [-0.15, -0.1) is 0 Å². The first-order valence-electron chi connectivity index (χ1n) is 4.88. The Morgan fingerprint density at radius 3 is 3.08 bits per heavy atom. The van der Waals surface area contributed by atoms with Crippen LogP contribution in [0.4, 0.5) is 0 Å². The van der Waals surface area contributed by atoms with Crippen molar-refractivity contribution in [1.82, 2.24) is 0 Å². The molecule has 0 aromatic rings. The van der Waals surface area contributed by atoms with E-state index in [0.29, 0.717) is 5.25 Å². The maximum atomic E-state index is 10.3.